The van der Waals surface area contributed by atoms with Crippen LogP contribution in [0.2, 0.25) is 0 Å². The van der Waals surface area contributed by atoms with E-state index in [1.165, 1.54) is 18.2 Å². The van der Waals surface area contributed by atoms with Crippen LogP contribution in [0.15, 0.2) is 40.8 Å². The molecule has 2 aromatic rings. The Kier molecular flexibility index (Phi) is 2.14. The van der Waals surface area contributed by atoms with Crippen LogP contribution in [-0.4, -0.2) is 6.29 Å². The minimum absolute atomic E-state index is 0.143. The van der Waals surface area contributed by atoms with Crippen molar-refractivity contribution in [3.63, 3.8) is 0 Å². The molecular weight excluding hydrogens is 183 g/mol. The number of halogens is 1. The number of hydrogen-bond acceptors (Lipinski definition) is 2. The molecule has 0 bridgehead atoms. The third kappa shape index (κ3) is 1.57. The molecule has 0 N–H and O–H groups in total. The standard InChI is InChI=1S/C11H6FO2/c12-9-3-1-8(2-4-9)11-6-5-10(7-13)14-11/h1-6H. The second-order valence-corrected chi connectivity index (χ2v) is 2.77. The molecule has 14 heavy (non-hydrogen) atoms. The summed E-state index contributed by atoms with van der Waals surface area (Å²) in [6, 6.07) is 9.01. The largest absolute Gasteiger partial charge is 0.452 e. The van der Waals surface area contributed by atoms with E-state index >= 15 is 0 Å². The van der Waals surface area contributed by atoms with Gasteiger partial charge in [0.1, 0.15) is 11.6 Å². The molecule has 2 rings (SSSR count). The lowest BCUT2D eigenvalue weighted by Gasteiger charge is -1.94. The monoisotopic (exact) mass is 189 g/mol. The van der Waals surface area contributed by atoms with E-state index in [9.17, 15) is 9.18 Å². The van der Waals surface area contributed by atoms with Crippen molar-refractivity contribution in [1.82, 2.24) is 0 Å². The van der Waals surface area contributed by atoms with Gasteiger partial charge in [0.25, 0.3) is 6.29 Å². The molecule has 0 saturated carbocycles. The second kappa shape index (κ2) is 3.46. The first-order chi connectivity index (χ1) is 6.79. The minimum Gasteiger partial charge on any atom is -0.452 e. The molecule has 0 aliphatic carbocycles. The van der Waals surface area contributed by atoms with E-state index < -0.39 is 0 Å². The van der Waals surface area contributed by atoms with Crippen molar-refractivity contribution in [1.29, 1.82) is 0 Å². The van der Waals surface area contributed by atoms with E-state index in [0.29, 0.717) is 5.76 Å². The Balaban J connectivity index is 2.39. The van der Waals surface area contributed by atoms with Crippen LogP contribution >= 0.6 is 0 Å². The maximum absolute atomic E-state index is 12.6. The zero-order chi connectivity index (χ0) is 9.97. The SMILES string of the molecule is O=[C]c1ccc(-c2ccc(F)cc2)o1. The fourth-order valence-electron chi connectivity index (χ4n) is 1.16. The Labute approximate surface area is 80.0 Å². The summed E-state index contributed by atoms with van der Waals surface area (Å²) in [7, 11) is 0. The summed E-state index contributed by atoms with van der Waals surface area (Å²) in [6.45, 7) is 0. The number of hydrogen-bond donors (Lipinski definition) is 0. The second-order valence-electron chi connectivity index (χ2n) is 2.77. The van der Waals surface area contributed by atoms with Crippen molar-refractivity contribution in [2.75, 3.05) is 0 Å². The third-order valence-corrected chi connectivity index (χ3v) is 1.84. The zero-order valence-electron chi connectivity index (χ0n) is 7.16. The van der Waals surface area contributed by atoms with Gasteiger partial charge in [0.15, 0.2) is 5.76 Å². The Morgan fingerprint density at radius 1 is 1.07 bits per heavy atom. The van der Waals surface area contributed by atoms with Crippen LogP contribution in [0.1, 0.15) is 5.76 Å². The third-order valence-electron chi connectivity index (χ3n) is 1.84. The molecule has 0 aliphatic rings. The van der Waals surface area contributed by atoms with Crippen molar-refractivity contribution in [3.05, 3.63) is 48.0 Å². The zero-order valence-corrected chi connectivity index (χ0v) is 7.16. The Morgan fingerprint density at radius 3 is 2.36 bits per heavy atom. The van der Waals surface area contributed by atoms with E-state index in [1.807, 2.05) is 0 Å². The average molecular weight is 189 g/mol. The highest BCUT2D eigenvalue weighted by atomic mass is 19.1. The quantitative estimate of drug-likeness (QED) is 0.726. The van der Waals surface area contributed by atoms with Crippen LogP contribution in [0.3, 0.4) is 0 Å². The van der Waals surface area contributed by atoms with E-state index in [2.05, 4.69) is 0 Å². The molecular formula is C11H6FO2. The summed E-state index contributed by atoms with van der Waals surface area (Å²) in [4.78, 5) is 10.2. The molecule has 1 heterocycles. The Hall–Kier alpha value is -1.90. The van der Waals surface area contributed by atoms with Gasteiger partial charge in [-0.05, 0) is 36.4 Å². The van der Waals surface area contributed by atoms with Gasteiger partial charge in [0.2, 0.25) is 0 Å². The topological polar surface area (TPSA) is 30.2 Å². The van der Waals surface area contributed by atoms with Gasteiger partial charge in [-0.3, -0.25) is 4.79 Å². The number of benzene rings is 1. The fraction of sp³-hybridized carbons (Fsp3) is 0. The predicted molar refractivity (Wildman–Crippen MR) is 48.9 cm³/mol. The number of carbonyl (C=O) groups excluding carboxylic acids is 1. The van der Waals surface area contributed by atoms with Gasteiger partial charge in [-0.15, -0.1) is 0 Å². The molecule has 0 saturated heterocycles. The molecule has 0 atom stereocenters. The summed E-state index contributed by atoms with van der Waals surface area (Å²) < 4.78 is 17.7. The molecule has 0 spiro atoms. The Morgan fingerprint density at radius 2 is 1.79 bits per heavy atom. The molecule has 1 radical (unpaired) electrons. The van der Waals surface area contributed by atoms with Crippen LogP contribution in [0.4, 0.5) is 4.39 Å². The molecule has 0 fully saturated rings. The normalized spacial score (nSPS) is 10.1. The van der Waals surface area contributed by atoms with E-state index in [-0.39, 0.29) is 11.6 Å². The molecule has 0 amide bonds. The summed E-state index contributed by atoms with van der Waals surface area (Å²) in [5.41, 5.74) is 0.730. The van der Waals surface area contributed by atoms with Gasteiger partial charge in [-0.1, -0.05) is 0 Å². The average Bonchev–Trinajstić information content (AvgIpc) is 2.67. The number of furan rings is 1. The lowest BCUT2D eigenvalue weighted by Crippen LogP contribution is -1.75. The van der Waals surface area contributed by atoms with Crippen molar-refractivity contribution in [3.8, 4) is 11.3 Å². The number of rotatable bonds is 2. The highest BCUT2D eigenvalue weighted by Crippen LogP contribution is 2.21. The van der Waals surface area contributed by atoms with Gasteiger partial charge in [0, 0.05) is 5.56 Å². The Bertz CT molecular complexity index is 443. The summed E-state index contributed by atoms with van der Waals surface area (Å²) in [5.74, 6) is 0.371. The first kappa shape index (κ1) is 8.69. The maximum Gasteiger partial charge on any atom is 0.271 e. The summed E-state index contributed by atoms with van der Waals surface area (Å²) in [5, 5.41) is 0. The van der Waals surface area contributed by atoms with E-state index in [0.717, 1.165) is 5.56 Å². The van der Waals surface area contributed by atoms with Crippen molar-refractivity contribution < 1.29 is 13.6 Å². The van der Waals surface area contributed by atoms with Gasteiger partial charge in [-0.25, -0.2) is 4.39 Å². The van der Waals surface area contributed by atoms with Gasteiger partial charge >= 0.3 is 0 Å². The fourth-order valence-corrected chi connectivity index (χ4v) is 1.16. The first-order valence-corrected chi connectivity index (χ1v) is 4.03. The molecule has 0 aliphatic heterocycles. The predicted octanol–water partition coefficient (Wildman–Crippen LogP) is 2.54. The summed E-state index contributed by atoms with van der Waals surface area (Å²) >= 11 is 0. The molecule has 3 heteroatoms. The van der Waals surface area contributed by atoms with Crippen LogP contribution in [0, 0.1) is 5.82 Å². The van der Waals surface area contributed by atoms with E-state index in [4.69, 9.17) is 4.42 Å². The summed E-state index contributed by atoms with van der Waals surface area (Å²) in [6.07, 6.45) is 1.64. The maximum atomic E-state index is 12.6. The highest BCUT2D eigenvalue weighted by Gasteiger charge is 2.03. The van der Waals surface area contributed by atoms with Gasteiger partial charge in [-0.2, -0.15) is 0 Å². The van der Waals surface area contributed by atoms with Crippen LogP contribution in [0.25, 0.3) is 11.3 Å². The lowest BCUT2D eigenvalue weighted by atomic mass is 10.2. The van der Waals surface area contributed by atoms with Gasteiger partial charge in [0.05, 0.1) is 0 Å². The molecule has 1 aromatic heterocycles. The van der Waals surface area contributed by atoms with E-state index in [1.54, 1.807) is 24.5 Å². The highest BCUT2D eigenvalue weighted by molar-refractivity contribution is 5.73. The smallest absolute Gasteiger partial charge is 0.271 e. The molecule has 1 aromatic carbocycles. The van der Waals surface area contributed by atoms with Crippen molar-refractivity contribution in [2.45, 2.75) is 0 Å². The lowest BCUT2D eigenvalue weighted by molar-refractivity contribution is 0.525. The molecule has 2 nitrogen and oxygen atoms in total. The molecule has 69 valence electrons. The van der Waals surface area contributed by atoms with Crippen LogP contribution < -0.4 is 0 Å². The van der Waals surface area contributed by atoms with Crippen LogP contribution in [0.5, 0.6) is 0 Å². The van der Waals surface area contributed by atoms with Gasteiger partial charge < -0.3 is 4.42 Å². The molecule has 0 unspecified atom stereocenters. The minimum atomic E-state index is -0.303. The van der Waals surface area contributed by atoms with Crippen LogP contribution in [-0.2, 0) is 4.79 Å². The van der Waals surface area contributed by atoms with Crippen molar-refractivity contribution >= 4 is 6.29 Å². The first-order valence-electron chi connectivity index (χ1n) is 4.03. The van der Waals surface area contributed by atoms with Crippen molar-refractivity contribution in [2.24, 2.45) is 0 Å².